The minimum Gasteiger partial charge on any atom is -0.457 e. The van der Waals surface area contributed by atoms with Crippen LogP contribution in [0.1, 0.15) is 73.3 Å². The van der Waals surface area contributed by atoms with Crippen LogP contribution in [0.3, 0.4) is 0 Å². The smallest absolute Gasteiger partial charge is 0.375 e. The Kier molecular flexibility index (Phi) is 6.97. The summed E-state index contributed by atoms with van der Waals surface area (Å²) in [5, 5.41) is 16.2. The summed E-state index contributed by atoms with van der Waals surface area (Å²) in [5.74, 6) is -1.02. The monoisotopic (exact) mass is 622 g/mol. The quantitative estimate of drug-likeness (QED) is 0.311. The highest BCUT2D eigenvalue weighted by atomic mass is 32.2. The Labute approximate surface area is 259 Å². The van der Waals surface area contributed by atoms with Gasteiger partial charge in [0.1, 0.15) is 11.8 Å². The van der Waals surface area contributed by atoms with Crippen LogP contribution in [0.4, 0.5) is 8.78 Å². The Bertz CT molecular complexity index is 1670. The van der Waals surface area contributed by atoms with Gasteiger partial charge in [0.25, 0.3) is 0 Å². The number of esters is 1. The summed E-state index contributed by atoms with van der Waals surface area (Å²) in [6, 6.07) is 7.01. The molecule has 0 unspecified atom stereocenters. The van der Waals surface area contributed by atoms with Crippen molar-refractivity contribution in [3.8, 4) is 5.69 Å². The van der Waals surface area contributed by atoms with Gasteiger partial charge in [-0.2, -0.15) is 5.10 Å². The predicted molar refractivity (Wildman–Crippen MR) is 161 cm³/mol. The third-order valence-electron chi connectivity index (χ3n) is 11.4. The number of fused-ring (bicyclic) bond motifs is 6. The van der Waals surface area contributed by atoms with Gasteiger partial charge in [0, 0.05) is 11.0 Å². The number of hydrogen-bond donors (Lipinski definition) is 1. The third kappa shape index (κ3) is 4.12. The maximum atomic E-state index is 13.7. The van der Waals surface area contributed by atoms with Crippen molar-refractivity contribution >= 4 is 28.9 Å². The van der Waals surface area contributed by atoms with Crippen molar-refractivity contribution in [3.63, 3.8) is 0 Å². The van der Waals surface area contributed by atoms with Gasteiger partial charge in [-0.05, 0) is 122 Å². The molecule has 3 aromatic rings. The largest absolute Gasteiger partial charge is 0.457 e. The van der Waals surface area contributed by atoms with Gasteiger partial charge < -0.3 is 14.3 Å². The molecule has 0 spiro atoms. The number of nitrogens with zero attached hydrogens (tertiary/aromatic N) is 2. The molecule has 7 atom stereocenters. The third-order valence-corrected chi connectivity index (χ3v) is 12.1. The molecular weight excluding hydrogens is 586 g/mol. The molecule has 4 aliphatic rings. The molecule has 232 valence electrons. The van der Waals surface area contributed by atoms with E-state index in [4.69, 9.17) is 9.15 Å². The maximum absolute atomic E-state index is 13.7. The van der Waals surface area contributed by atoms with Crippen molar-refractivity contribution in [1.82, 2.24) is 9.78 Å². The molecule has 3 fully saturated rings. The number of ether oxygens (including phenoxy) is 1. The first-order valence-electron chi connectivity index (χ1n) is 15.2. The zero-order chi connectivity index (χ0) is 31.0. The van der Waals surface area contributed by atoms with Crippen molar-refractivity contribution in [1.29, 1.82) is 0 Å². The number of alkyl halides is 1. The Morgan fingerprint density at radius 1 is 1.20 bits per heavy atom. The molecule has 0 bridgehead atoms. The molecule has 1 N–H and O–H groups in total. The van der Waals surface area contributed by atoms with Crippen LogP contribution in [-0.4, -0.2) is 43.7 Å². The number of carbonyl (C=O) groups is 2. The number of aliphatic hydroxyl groups excluding tert-OH is 1. The number of benzene rings is 1. The van der Waals surface area contributed by atoms with Crippen molar-refractivity contribution < 1.29 is 32.6 Å². The highest BCUT2D eigenvalue weighted by molar-refractivity contribution is 8.13. The summed E-state index contributed by atoms with van der Waals surface area (Å²) in [4.78, 5) is 27.1. The summed E-state index contributed by atoms with van der Waals surface area (Å²) >= 11 is 0.532. The van der Waals surface area contributed by atoms with Gasteiger partial charge in [-0.1, -0.05) is 19.4 Å². The Morgan fingerprint density at radius 3 is 2.68 bits per heavy atom. The molecule has 3 saturated carbocycles. The molecule has 2 aromatic heterocycles. The molecule has 0 aliphatic heterocycles. The van der Waals surface area contributed by atoms with Gasteiger partial charge in [0.2, 0.25) is 10.9 Å². The van der Waals surface area contributed by atoms with E-state index in [0.717, 1.165) is 29.8 Å². The van der Waals surface area contributed by atoms with Crippen LogP contribution < -0.4 is 0 Å². The molecule has 0 amide bonds. The second-order valence-corrected chi connectivity index (χ2v) is 14.3. The molecular formula is C34H36F2N2O5S. The Morgan fingerprint density at radius 2 is 1.98 bits per heavy atom. The molecule has 7 rings (SSSR count). The van der Waals surface area contributed by atoms with Crippen LogP contribution in [0.2, 0.25) is 0 Å². The Balaban J connectivity index is 1.23. The van der Waals surface area contributed by atoms with Crippen molar-refractivity contribution in [2.45, 2.75) is 71.0 Å². The van der Waals surface area contributed by atoms with E-state index < -0.39 is 34.2 Å². The van der Waals surface area contributed by atoms with Crippen molar-refractivity contribution in [2.75, 3.05) is 6.01 Å². The fraction of sp³-hybridized carbons (Fsp3) is 0.500. The lowest BCUT2D eigenvalue weighted by Gasteiger charge is -2.60. The summed E-state index contributed by atoms with van der Waals surface area (Å²) in [6.45, 7) is 5.90. The van der Waals surface area contributed by atoms with Gasteiger partial charge in [0.15, 0.2) is 5.60 Å². The van der Waals surface area contributed by atoms with Crippen molar-refractivity contribution in [2.24, 2.45) is 28.6 Å². The normalized spacial score (nSPS) is 33.9. The van der Waals surface area contributed by atoms with E-state index in [2.05, 4.69) is 18.1 Å². The lowest BCUT2D eigenvalue weighted by Crippen LogP contribution is -2.62. The maximum Gasteiger partial charge on any atom is 0.375 e. The number of carbonyl (C=O) groups excluding carboxylic acids is 2. The van der Waals surface area contributed by atoms with E-state index in [0.29, 0.717) is 30.2 Å². The van der Waals surface area contributed by atoms with Gasteiger partial charge >= 0.3 is 5.97 Å². The van der Waals surface area contributed by atoms with Gasteiger partial charge in [0.05, 0.1) is 29.9 Å². The van der Waals surface area contributed by atoms with Crippen LogP contribution in [0, 0.1) is 41.3 Å². The van der Waals surface area contributed by atoms with E-state index in [-0.39, 0.29) is 47.6 Å². The number of allylic oxidation sites excluding steroid dienone is 1. The number of furan rings is 1. The van der Waals surface area contributed by atoms with Crippen molar-refractivity contribution in [3.05, 3.63) is 76.8 Å². The summed E-state index contributed by atoms with van der Waals surface area (Å²) in [7, 11) is 0. The average Bonchev–Trinajstić information content (AvgIpc) is 3.67. The minimum absolute atomic E-state index is 0.00716. The average molecular weight is 623 g/mol. The number of hydrogen-bond acceptors (Lipinski definition) is 7. The summed E-state index contributed by atoms with van der Waals surface area (Å²) in [6.07, 6.45) is 8.18. The fourth-order valence-electron chi connectivity index (χ4n) is 9.46. The first kappa shape index (κ1) is 29.5. The second-order valence-electron chi connectivity index (χ2n) is 13.5. The van der Waals surface area contributed by atoms with Gasteiger partial charge in [-0.3, -0.25) is 4.79 Å². The van der Waals surface area contributed by atoms with E-state index in [1.807, 2.05) is 17.8 Å². The van der Waals surface area contributed by atoms with Crippen LogP contribution >= 0.6 is 11.8 Å². The Hall–Kier alpha value is -3.24. The minimum atomic E-state index is -1.58. The molecule has 1 aromatic carbocycles. The molecule has 4 aliphatic carbocycles. The first-order chi connectivity index (χ1) is 21.0. The SMILES string of the molecule is Cc1ccoc1C(=O)O[C@]1(C(=O)SCF)CC[C@@H]2[C@@H]3CCC4=Cc5c(cnn5-c5ccc(F)cc5)C[C@]4(C)[C@H]3[C@@H](O)C[C@@]21C. The standard InChI is InChI=1S/C34H36F2N2O5S/c1-19-11-13-42-29(19)30(40)43-34(31(41)44-18-35)12-10-25-24-9-4-21-14-26-20(17-37-38(26)23-7-5-22(36)6-8-23)15-32(21,2)28(24)27(39)16-33(25,34)3/h5-8,11,13-14,17,24-25,27-28,39H,4,9-10,12,15-16,18H2,1-3H3/t24-,25+,27-,28+,32-,33-,34-/m0/s1. The number of aliphatic hydroxyl groups is 1. The van der Waals surface area contributed by atoms with E-state index >= 15 is 0 Å². The van der Waals surface area contributed by atoms with Gasteiger partial charge in [-0.25, -0.2) is 18.3 Å². The van der Waals surface area contributed by atoms with E-state index in [1.54, 1.807) is 25.1 Å². The predicted octanol–water partition coefficient (Wildman–Crippen LogP) is 6.85. The van der Waals surface area contributed by atoms with Crippen LogP contribution in [0.25, 0.3) is 11.8 Å². The number of thioether (sulfide) groups is 1. The first-order valence-corrected chi connectivity index (χ1v) is 16.2. The number of aryl methyl sites for hydroxylation is 1. The molecule has 2 heterocycles. The second kappa shape index (κ2) is 10.4. The summed E-state index contributed by atoms with van der Waals surface area (Å²) in [5.41, 5.74) is 1.89. The van der Waals surface area contributed by atoms with Crippen LogP contribution in [0.15, 0.2) is 52.8 Å². The van der Waals surface area contributed by atoms with Crippen LogP contribution in [-0.2, 0) is 16.0 Å². The topological polar surface area (TPSA) is 94.6 Å². The fourth-order valence-corrected chi connectivity index (χ4v) is 10.2. The number of halogens is 2. The number of aromatic nitrogens is 2. The van der Waals surface area contributed by atoms with E-state index in [1.165, 1.54) is 24.0 Å². The molecule has 10 heteroatoms. The van der Waals surface area contributed by atoms with Crippen LogP contribution in [0.5, 0.6) is 0 Å². The lowest BCUT2D eigenvalue weighted by atomic mass is 9.45. The highest BCUT2D eigenvalue weighted by Gasteiger charge is 2.71. The molecule has 44 heavy (non-hydrogen) atoms. The zero-order valence-electron chi connectivity index (χ0n) is 25.0. The van der Waals surface area contributed by atoms with Gasteiger partial charge in [-0.15, -0.1) is 0 Å². The summed E-state index contributed by atoms with van der Waals surface area (Å²) < 4.78 is 40.6. The molecule has 0 radical (unpaired) electrons. The molecule has 0 saturated heterocycles. The zero-order valence-corrected chi connectivity index (χ0v) is 25.8. The van der Waals surface area contributed by atoms with E-state index in [9.17, 15) is 23.5 Å². The number of rotatable bonds is 5. The highest BCUT2D eigenvalue weighted by Crippen LogP contribution is 2.69. The lowest BCUT2D eigenvalue weighted by molar-refractivity contribution is -0.175. The molecule has 7 nitrogen and oxygen atoms in total.